The Hall–Kier alpha value is -1.85. The molecule has 0 aliphatic carbocycles. The molecule has 0 aliphatic heterocycles. The fraction of sp³-hybridized carbons (Fsp3) is 0.250. The summed E-state index contributed by atoms with van der Waals surface area (Å²) in [5.41, 5.74) is 8.13. The maximum atomic E-state index is 11.4. The Bertz CT molecular complexity index is 667. The molecule has 5 heteroatoms. The highest BCUT2D eigenvalue weighted by molar-refractivity contribution is 7.90. The van der Waals surface area contributed by atoms with Gasteiger partial charge in [0.1, 0.15) is 0 Å². The highest BCUT2D eigenvalue weighted by Crippen LogP contribution is 2.16. The maximum absolute atomic E-state index is 11.4. The molecule has 0 aliphatic rings. The zero-order valence-corrected chi connectivity index (χ0v) is 12.8. The van der Waals surface area contributed by atoms with Crippen molar-refractivity contribution in [3.63, 3.8) is 0 Å². The van der Waals surface area contributed by atoms with Crippen LogP contribution in [-0.2, 0) is 9.84 Å². The summed E-state index contributed by atoms with van der Waals surface area (Å²) in [7, 11) is -3.14. The monoisotopic (exact) mass is 304 g/mol. The summed E-state index contributed by atoms with van der Waals surface area (Å²) < 4.78 is 22.7. The molecule has 0 radical (unpaired) electrons. The molecule has 0 saturated heterocycles. The summed E-state index contributed by atoms with van der Waals surface area (Å²) in [4.78, 5) is 0.328. The largest absolute Gasteiger partial charge is 0.385 e. The molecule has 0 amide bonds. The van der Waals surface area contributed by atoms with Crippen molar-refractivity contribution in [2.24, 2.45) is 5.73 Å². The lowest BCUT2D eigenvalue weighted by Gasteiger charge is -2.13. The average Bonchev–Trinajstić information content (AvgIpc) is 2.47. The third-order valence-corrected chi connectivity index (χ3v) is 4.42. The van der Waals surface area contributed by atoms with E-state index in [4.69, 9.17) is 5.73 Å². The number of anilines is 1. The van der Waals surface area contributed by atoms with Gasteiger partial charge in [0.05, 0.1) is 4.90 Å². The van der Waals surface area contributed by atoms with Gasteiger partial charge in [-0.2, -0.15) is 0 Å². The van der Waals surface area contributed by atoms with Crippen LogP contribution in [0.2, 0.25) is 0 Å². The molecule has 112 valence electrons. The Morgan fingerprint density at radius 3 is 2.24 bits per heavy atom. The molecule has 1 unspecified atom stereocenters. The Balaban J connectivity index is 1.86. The number of nitrogens with two attached hydrogens (primary N) is 1. The van der Waals surface area contributed by atoms with Gasteiger partial charge in [-0.05, 0) is 36.2 Å². The van der Waals surface area contributed by atoms with Crippen molar-refractivity contribution in [1.29, 1.82) is 0 Å². The number of rotatable bonds is 6. The van der Waals surface area contributed by atoms with Crippen LogP contribution in [0.4, 0.5) is 5.69 Å². The molecule has 0 bridgehead atoms. The first-order valence-corrected chi connectivity index (χ1v) is 8.70. The molecule has 21 heavy (non-hydrogen) atoms. The highest BCUT2D eigenvalue weighted by atomic mass is 32.2. The summed E-state index contributed by atoms with van der Waals surface area (Å²) >= 11 is 0. The van der Waals surface area contributed by atoms with E-state index >= 15 is 0 Å². The predicted molar refractivity (Wildman–Crippen MR) is 86.0 cm³/mol. The topological polar surface area (TPSA) is 72.2 Å². The number of hydrogen-bond donors (Lipinski definition) is 2. The molecule has 3 N–H and O–H groups in total. The summed E-state index contributed by atoms with van der Waals surface area (Å²) in [6.07, 6.45) is 2.01. The lowest BCUT2D eigenvalue weighted by atomic mass is 10.1. The van der Waals surface area contributed by atoms with Crippen LogP contribution in [0.5, 0.6) is 0 Å². The molecule has 0 heterocycles. The van der Waals surface area contributed by atoms with E-state index in [0.29, 0.717) is 4.90 Å². The number of benzene rings is 2. The normalized spacial score (nSPS) is 12.9. The van der Waals surface area contributed by atoms with Crippen LogP contribution in [0.25, 0.3) is 0 Å². The average molecular weight is 304 g/mol. The number of nitrogens with one attached hydrogen (secondary N) is 1. The predicted octanol–water partition coefficient (Wildman–Crippen LogP) is 2.59. The van der Waals surface area contributed by atoms with Crippen molar-refractivity contribution in [3.8, 4) is 0 Å². The summed E-state index contributed by atoms with van der Waals surface area (Å²) in [5, 5.41) is 3.25. The molecule has 1 atom stereocenters. The first kappa shape index (κ1) is 15.5. The summed E-state index contributed by atoms with van der Waals surface area (Å²) in [5.74, 6) is 0. The van der Waals surface area contributed by atoms with Gasteiger partial charge < -0.3 is 11.1 Å². The second-order valence-corrected chi connectivity index (χ2v) is 7.04. The molecule has 0 spiro atoms. The Kier molecular flexibility index (Phi) is 4.98. The van der Waals surface area contributed by atoms with Crippen molar-refractivity contribution < 1.29 is 8.42 Å². The van der Waals surface area contributed by atoms with E-state index in [2.05, 4.69) is 5.32 Å². The standard InChI is InChI=1S/C16H20N2O2S/c1-21(19,20)15-9-7-14(8-10-15)18-12-11-16(17)13-5-3-2-4-6-13/h2-10,16,18H,11-12,17H2,1H3. The molecule has 2 aromatic carbocycles. The molecule has 0 fully saturated rings. The van der Waals surface area contributed by atoms with Crippen LogP contribution in [0.15, 0.2) is 59.5 Å². The van der Waals surface area contributed by atoms with E-state index in [1.54, 1.807) is 24.3 Å². The van der Waals surface area contributed by atoms with Crippen LogP contribution in [0.3, 0.4) is 0 Å². The van der Waals surface area contributed by atoms with Gasteiger partial charge in [-0.1, -0.05) is 30.3 Å². The second kappa shape index (κ2) is 6.74. The zero-order chi connectivity index (χ0) is 15.3. The van der Waals surface area contributed by atoms with Crippen molar-refractivity contribution >= 4 is 15.5 Å². The first-order chi connectivity index (χ1) is 9.97. The molecule has 2 rings (SSSR count). The second-order valence-electron chi connectivity index (χ2n) is 5.03. The summed E-state index contributed by atoms with van der Waals surface area (Å²) in [6, 6.07) is 16.7. The summed E-state index contributed by atoms with van der Waals surface area (Å²) in [6.45, 7) is 0.730. The quantitative estimate of drug-likeness (QED) is 0.860. The van der Waals surface area contributed by atoms with E-state index < -0.39 is 9.84 Å². The minimum absolute atomic E-state index is 0.00556. The van der Waals surface area contributed by atoms with Crippen LogP contribution < -0.4 is 11.1 Å². The van der Waals surface area contributed by atoms with E-state index in [0.717, 1.165) is 24.2 Å². The van der Waals surface area contributed by atoms with Gasteiger partial charge in [-0.3, -0.25) is 0 Å². The first-order valence-electron chi connectivity index (χ1n) is 6.81. The van der Waals surface area contributed by atoms with Gasteiger partial charge in [-0.15, -0.1) is 0 Å². The molecular formula is C16H20N2O2S. The molecule has 2 aromatic rings. The minimum Gasteiger partial charge on any atom is -0.385 e. The Morgan fingerprint density at radius 1 is 1.05 bits per heavy atom. The van der Waals surface area contributed by atoms with Gasteiger partial charge in [0.25, 0.3) is 0 Å². The van der Waals surface area contributed by atoms with Crippen molar-refractivity contribution in [2.75, 3.05) is 18.1 Å². The van der Waals surface area contributed by atoms with Crippen LogP contribution in [0.1, 0.15) is 18.0 Å². The fourth-order valence-electron chi connectivity index (χ4n) is 2.06. The van der Waals surface area contributed by atoms with Gasteiger partial charge in [-0.25, -0.2) is 8.42 Å². The fourth-order valence-corrected chi connectivity index (χ4v) is 2.69. The van der Waals surface area contributed by atoms with Crippen molar-refractivity contribution in [2.45, 2.75) is 17.4 Å². The zero-order valence-electron chi connectivity index (χ0n) is 12.0. The third-order valence-electron chi connectivity index (χ3n) is 3.29. The molecular weight excluding hydrogens is 284 g/mol. The van der Waals surface area contributed by atoms with E-state index in [1.807, 2.05) is 30.3 Å². The van der Waals surface area contributed by atoms with Gasteiger partial charge in [0, 0.05) is 24.5 Å². The van der Waals surface area contributed by atoms with E-state index in [-0.39, 0.29) is 6.04 Å². The van der Waals surface area contributed by atoms with Crippen molar-refractivity contribution in [1.82, 2.24) is 0 Å². The molecule has 0 aromatic heterocycles. The SMILES string of the molecule is CS(=O)(=O)c1ccc(NCCC(N)c2ccccc2)cc1. The van der Waals surface area contributed by atoms with Gasteiger partial charge in [0.2, 0.25) is 0 Å². The van der Waals surface area contributed by atoms with Crippen LogP contribution in [0, 0.1) is 0 Å². The van der Waals surface area contributed by atoms with Crippen molar-refractivity contribution in [3.05, 3.63) is 60.2 Å². The molecule has 0 saturated carbocycles. The highest BCUT2D eigenvalue weighted by Gasteiger charge is 2.07. The lowest BCUT2D eigenvalue weighted by molar-refractivity contribution is 0.602. The number of hydrogen-bond acceptors (Lipinski definition) is 4. The molecule has 4 nitrogen and oxygen atoms in total. The van der Waals surface area contributed by atoms with E-state index in [9.17, 15) is 8.42 Å². The smallest absolute Gasteiger partial charge is 0.175 e. The van der Waals surface area contributed by atoms with Gasteiger partial charge >= 0.3 is 0 Å². The third kappa shape index (κ3) is 4.58. The Morgan fingerprint density at radius 2 is 1.67 bits per heavy atom. The lowest BCUT2D eigenvalue weighted by Crippen LogP contribution is -2.15. The minimum atomic E-state index is -3.14. The van der Waals surface area contributed by atoms with Crippen LogP contribution >= 0.6 is 0 Å². The van der Waals surface area contributed by atoms with Gasteiger partial charge in [0.15, 0.2) is 9.84 Å². The van der Waals surface area contributed by atoms with E-state index in [1.165, 1.54) is 6.26 Å². The maximum Gasteiger partial charge on any atom is 0.175 e. The number of sulfone groups is 1. The Labute approximate surface area is 125 Å². The van der Waals surface area contributed by atoms with Crippen LogP contribution in [-0.4, -0.2) is 21.2 Å².